The first-order valence-electron chi connectivity index (χ1n) is 17.4. The zero-order chi connectivity index (χ0) is 38.5. The van der Waals surface area contributed by atoms with E-state index in [1.165, 1.54) is 16.8 Å². The minimum absolute atomic E-state index is 0.0602. The first-order chi connectivity index (χ1) is 25.6. The number of hydrogen-bond acceptors (Lipinski definition) is 11. The summed E-state index contributed by atoms with van der Waals surface area (Å²) in [6.07, 6.45) is -1.18. The molecule has 1 atom stereocenters. The number of alkyl halides is 3. The van der Waals surface area contributed by atoms with Gasteiger partial charge in [0.2, 0.25) is 11.8 Å². The molecule has 2 aromatic carbocycles. The standard InChI is InChI=1S/C36H37F3N10O5/c1-35(2,34(54)44-22-4-3-20(13-40)28(12-22)36(37,38)39)48-19-24(14-43-48)47-17-25(18-47)46-15-23(16-46)42-10-9-41-21-5-6-26-27(11-21)33(53)49(32(26)52)29-7-8-30(50)45-31(29)51/h3-6,11-12,14,19,23,25,29,41-42H,7-10,15-18H2,1-2H3,(H,44,54)(H,45,50,51). The van der Waals surface area contributed by atoms with Gasteiger partial charge in [-0.05, 0) is 56.7 Å². The molecule has 15 nitrogen and oxygen atoms in total. The number of fused-ring (bicyclic) bond motifs is 1. The molecule has 0 aliphatic carbocycles. The molecule has 3 aromatic rings. The Balaban J connectivity index is 0.830. The number of carbonyl (C=O) groups excluding carboxylic acids is 5. The van der Waals surface area contributed by atoms with Crippen LogP contribution in [0.2, 0.25) is 0 Å². The van der Waals surface area contributed by atoms with E-state index < -0.39 is 58.4 Å². The quantitative estimate of drug-likeness (QED) is 0.167. The number of halogens is 3. The molecule has 0 spiro atoms. The van der Waals surface area contributed by atoms with Crippen molar-refractivity contribution in [3.05, 3.63) is 71.0 Å². The maximum absolute atomic E-state index is 13.4. The second kappa shape index (κ2) is 13.9. The summed E-state index contributed by atoms with van der Waals surface area (Å²) in [6.45, 7) is 7.78. The highest BCUT2D eigenvalue weighted by Crippen LogP contribution is 2.35. The van der Waals surface area contributed by atoms with Crippen LogP contribution in [0.3, 0.4) is 0 Å². The third kappa shape index (κ3) is 6.87. The number of nitrogens with one attached hydrogen (secondary N) is 4. The van der Waals surface area contributed by atoms with Gasteiger partial charge in [-0.3, -0.25) is 43.8 Å². The highest BCUT2D eigenvalue weighted by molar-refractivity contribution is 6.23. The van der Waals surface area contributed by atoms with Crippen molar-refractivity contribution in [1.29, 1.82) is 5.26 Å². The third-order valence-electron chi connectivity index (χ3n) is 10.4. The number of hydrogen-bond donors (Lipinski definition) is 4. The SMILES string of the molecule is CC(C)(C(=O)Nc1ccc(C#N)c(C(F)(F)F)c1)n1cc(N2CC(N3CC(NCCNc4ccc5c(c4)C(=O)N(C4CCC(=O)NC4=O)C5=O)C3)C2)cn1. The molecule has 5 heterocycles. The fraction of sp³-hybridized carbons (Fsp3) is 0.417. The molecule has 4 N–H and O–H groups in total. The number of piperidine rings is 1. The van der Waals surface area contributed by atoms with Gasteiger partial charge in [0.05, 0.1) is 40.2 Å². The Morgan fingerprint density at radius 2 is 1.70 bits per heavy atom. The molecule has 5 amide bonds. The number of aromatic nitrogens is 2. The van der Waals surface area contributed by atoms with E-state index in [2.05, 4.69) is 36.2 Å². The van der Waals surface area contributed by atoms with Crippen LogP contribution in [-0.2, 0) is 26.1 Å². The molecule has 0 bridgehead atoms. The average molecular weight is 747 g/mol. The molecule has 54 heavy (non-hydrogen) atoms. The summed E-state index contributed by atoms with van der Waals surface area (Å²) in [6, 6.07) is 9.13. The van der Waals surface area contributed by atoms with Crippen molar-refractivity contribution >= 4 is 46.6 Å². The fourth-order valence-corrected chi connectivity index (χ4v) is 7.03. The number of amides is 5. The summed E-state index contributed by atoms with van der Waals surface area (Å²) < 4.78 is 41.7. The van der Waals surface area contributed by atoms with Crippen LogP contribution in [-0.4, -0.2) is 107 Å². The Hall–Kier alpha value is -5.80. The fourth-order valence-electron chi connectivity index (χ4n) is 7.03. The van der Waals surface area contributed by atoms with Crippen molar-refractivity contribution in [2.75, 3.05) is 54.8 Å². The predicted octanol–water partition coefficient (Wildman–Crippen LogP) is 2.12. The molecule has 0 radical (unpaired) electrons. The molecule has 7 rings (SSSR count). The van der Waals surface area contributed by atoms with Gasteiger partial charge in [-0.2, -0.15) is 23.5 Å². The van der Waals surface area contributed by atoms with E-state index in [0.29, 0.717) is 30.9 Å². The average Bonchev–Trinajstić information content (AvgIpc) is 3.67. The van der Waals surface area contributed by atoms with Gasteiger partial charge < -0.3 is 20.9 Å². The smallest absolute Gasteiger partial charge is 0.384 e. The van der Waals surface area contributed by atoms with Crippen LogP contribution in [0.5, 0.6) is 0 Å². The van der Waals surface area contributed by atoms with E-state index in [0.717, 1.165) is 48.9 Å². The highest BCUT2D eigenvalue weighted by atomic mass is 19.4. The summed E-state index contributed by atoms with van der Waals surface area (Å²) in [7, 11) is 0. The Morgan fingerprint density at radius 3 is 2.41 bits per heavy atom. The number of carbonyl (C=O) groups is 5. The molecule has 4 aliphatic heterocycles. The first kappa shape index (κ1) is 36.6. The lowest BCUT2D eigenvalue weighted by atomic mass is 9.99. The summed E-state index contributed by atoms with van der Waals surface area (Å²) in [5, 5.41) is 24.9. The molecule has 282 valence electrons. The van der Waals surface area contributed by atoms with Gasteiger partial charge >= 0.3 is 6.18 Å². The van der Waals surface area contributed by atoms with Crippen LogP contribution in [0.25, 0.3) is 0 Å². The largest absolute Gasteiger partial charge is 0.417 e. The monoisotopic (exact) mass is 746 g/mol. The molecular weight excluding hydrogens is 709 g/mol. The second-order valence-corrected chi connectivity index (χ2v) is 14.3. The number of nitrogens with zero attached hydrogens (tertiary/aromatic N) is 6. The van der Waals surface area contributed by atoms with Crippen LogP contribution >= 0.6 is 0 Å². The number of benzene rings is 2. The molecular formula is C36H37F3N10O5. The van der Waals surface area contributed by atoms with Crippen molar-refractivity contribution < 1.29 is 37.1 Å². The second-order valence-electron chi connectivity index (χ2n) is 14.3. The molecule has 0 saturated carbocycles. The molecule has 4 aliphatic rings. The van der Waals surface area contributed by atoms with E-state index in [1.54, 1.807) is 44.4 Å². The molecule has 1 aromatic heterocycles. The number of nitriles is 1. The maximum atomic E-state index is 13.4. The van der Waals surface area contributed by atoms with Crippen molar-refractivity contribution in [1.82, 2.24) is 30.2 Å². The summed E-state index contributed by atoms with van der Waals surface area (Å²) in [5.41, 5.74) is -1.00. The number of imide groups is 2. The maximum Gasteiger partial charge on any atom is 0.417 e. The van der Waals surface area contributed by atoms with Crippen LogP contribution in [0.15, 0.2) is 48.8 Å². The lowest BCUT2D eigenvalue weighted by Crippen LogP contribution is -2.69. The van der Waals surface area contributed by atoms with E-state index >= 15 is 0 Å². The molecule has 3 fully saturated rings. The van der Waals surface area contributed by atoms with Gasteiger partial charge in [0, 0.05) is 75.3 Å². The van der Waals surface area contributed by atoms with Gasteiger partial charge in [0.1, 0.15) is 11.6 Å². The van der Waals surface area contributed by atoms with Crippen molar-refractivity contribution in [3.8, 4) is 6.07 Å². The van der Waals surface area contributed by atoms with Crippen LogP contribution in [0.1, 0.15) is 58.5 Å². The lowest BCUT2D eigenvalue weighted by molar-refractivity contribution is -0.138. The number of rotatable bonds is 11. The third-order valence-corrected chi connectivity index (χ3v) is 10.4. The van der Waals surface area contributed by atoms with Crippen molar-refractivity contribution in [3.63, 3.8) is 0 Å². The van der Waals surface area contributed by atoms with Gasteiger partial charge in [-0.25, -0.2) is 0 Å². The molecule has 3 saturated heterocycles. The zero-order valence-corrected chi connectivity index (χ0v) is 29.4. The normalized spacial score (nSPS) is 19.6. The van der Waals surface area contributed by atoms with Crippen LogP contribution in [0.4, 0.5) is 30.2 Å². The predicted molar refractivity (Wildman–Crippen MR) is 187 cm³/mol. The minimum atomic E-state index is -4.74. The minimum Gasteiger partial charge on any atom is -0.384 e. The number of anilines is 3. The van der Waals surface area contributed by atoms with Gasteiger partial charge in [-0.15, -0.1) is 0 Å². The lowest BCUT2D eigenvalue weighted by Gasteiger charge is -2.52. The highest BCUT2D eigenvalue weighted by Gasteiger charge is 2.45. The molecule has 1 unspecified atom stereocenters. The Morgan fingerprint density at radius 1 is 0.981 bits per heavy atom. The number of likely N-dealkylation sites (tertiary alicyclic amines) is 1. The van der Waals surface area contributed by atoms with Gasteiger partial charge in [0.25, 0.3) is 17.7 Å². The molecule has 18 heteroatoms. The first-order valence-corrected chi connectivity index (χ1v) is 17.4. The van der Waals surface area contributed by atoms with E-state index in [9.17, 15) is 37.1 Å². The Bertz CT molecular complexity index is 2080. The summed E-state index contributed by atoms with van der Waals surface area (Å²) >= 11 is 0. The van der Waals surface area contributed by atoms with E-state index in [-0.39, 0.29) is 29.7 Å². The van der Waals surface area contributed by atoms with Crippen molar-refractivity contribution in [2.45, 2.75) is 56.5 Å². The van der Waals surface area contributed by atoms with E-state index in [1.807, 2.05) is 0 Å². The Kier molecular flexibility index (Phi) is 9.39. The van der Waals surface area contributed by atoms with Crippen LogP contribution in [0, 0.1) is 11.3 Å². The van der Waals surface area contributed by atoms with Gasteiger partial charge in [0.15, 0.2) is 0 Å². The Labute approximate surface area is 307 Å². The van der Waals surface area contributed by atoms with Crippen molar-refractivity contribution in [2.24, 2.45) is 0 Å². The summed E-state index contributed by atoms with van der Waals surface area (Å²) in [5.74, 6) is -2.73. The zero-order valence-electron chi connectivity index (χ0n) is 29.4. The summed E-state index contributed by atoms with van der Waals surface area (Å²) in [4.78, 5) is 68.4. The van der Waals surface area contributed by atoms with Gasteiger partial charge in [-0.1, -0.05) is 0 Å². The topological polar surface area (TPSA) is 185 Å². The van der Waals surface area contributed by atoms with Crippen LogP contribution < -0.4 is 26.2 Å². The van der Waals surface area contributed by atoms with E-state index in [4.69, 9.17) is 5.26 Å².